The van der Waals surface area contributed by atoms with E-state index < -0.39 is 29.6 Å². The van der Waals surface area contributed by atoms with E-state index >= 15 is 0 Å². The van der Waals surface area contributed by atoms with Crippen LogP contribution in [0.5, 0.6) is 0 Å². The number of aromatic nitrogens is 1. The van der Waals surface area contributed by atoms with E-state index in [0.717, 1.165) is 56.9 Å². The molecule has 2 saturated carbocycles. The van der Waals surface area contributed by atoms with Gasteiger partial charge in [-0.1, -0.05) is 56.7 Å². The summed E-state index contributed by atoms with van der Waals surface area (Å²) in [5.41, 5.74) is -0.267. The molecule has 0 aromatic carbocycles. The van der Waals surface area contributed by atoms with Gasteiger partial charge in [-0.15, -0.1) is 0 Å². The number of nitrogens with one attached hydrogen (secondary N) is 2. The van der Waals surface area contributed by atoms with Crippen molar-refractivity contribution in [1.82, 2.24) is 20.5 Å². The second kappa shape index (κ2) is 9.61. The van der Waals surface area contributed by atoms with Gasteiger partial charge in [0.25, 0.3) is 0 Å². The van der Waals surface area contributed by atoms with Crippen molar-refractivity contribution in [2.75, 3.05) is 0 Å². The molecule has 2 N–H and O–H groups in total. The maximum absolute atomic E-state index is 14.0. The van der Waals surface area contributed by atoms with Crippen LogP contribution in [0.25, 0.3) is 0 Å². The predicted molar refractivity (Wildman–Crippen MR) is 132 cm³/mol. The third-order valence-electron chi connectivity index (χ3n) is 8.90. The molecule has 192 valence electrons. The molecule has 1 aromatic heterocycles. The molecule has 2 saturated heterocycles. The molecular formula is C28H36N4O4. The first-order valence-corrected chi connectivity index (χ1v) is 13.7. The standard InChI is InChI=1S/C28H36N4O4/c33-25(30-19-9-3-1-4-10-19)22-21-13-14-28(36-21)23(22)27(35)32(17-18-8-7-15-29-16-18)24(28)26(34)31-20-11-5-2-6-12-20/h7-8,13-16,19-24H,1-6,9-12,17H2,(H,30,33)(H,31,34). The van der Waals surface area contributed by atoms with Crippen LogP contribution in [0.2, 0.25) is 0 Å². The van der Waals surface area contributed by atoms with E-state index in [1.54, 1.807) is 17.3 Å². The molecule has 5 atom stereocenters. The van der Waals surface area contributed by atoms with Crippen LogP contribution in [0, 0.1) is 11.8 Å². The van der Waals surface area contributed by atoms with Crippen molar-refractivity contribution in [3.63, 3.8) is 0 Å². The number of fused-ring (bicyclic) bond motifs is 1. The van der Waals surface area contributed by atoms with Crippen LogP contribution in [-0.2, 0) is 25.7 Å². The molecule has 1 aromatic rings. The number of nitrogens with zero attached hydrogens (tertiary/aromatic N) is 2. The third kappa shape index (κ3) is 4.03. The molecule has 5 unspecified atom stereocenters. The highest BCUT2D eigenvalue weighted by atomic mass is 16.5. The predicted octanol–water partition coefficient (Wildman–Crippen LogP) is 2.63. The largest absolute Gasteiger partial charge is 0.359 e. The van der Waals surface area contributed by atoms with Crippen molar-refractivity contribution in [3.05, 3.63) is 42.2 Å². The van der Waals surface area contributed by atoms with Crippen LogP contribution < -0.4 is 10.6 Å². The van der Waals surface area contributed by atoms with Crippen LogP contribution in [0.4, 0.5) is 0 Å². The molecule has 8 heteroatoms. The molecule has 6 rings (SSSR count). The minimum Gasteiger partial charge on any atom is -0.359 e. The van der Waals surface area contributed by atoms with Crippen molar-refractivity contribution in [2.45, 2.75) is 101 Å². The Morgan fingerprint density at radius 2 is 1.67 bits per heavy atom. The van der Waals surface area contributed by atoms with Crippen LogP contribution >= 0.6 is 0 Å². The zero-order chi connectivity index (χ0) is 24.7. The minimum atomic E-state index is -1.11. The lowest BCUT2D eigenvalue weighted by Gasteiger charge is -2.34. The Morgan fingerprint density at radius 1 is 1.00 bits per heavy atom. The molecule has 3 amide bonds. The number of carbonyl (C=O) groups excluding carboxylic acids is 3. The molecule has 4 heterocycles. The number of hydrogen-bond donors (Lipinski definition) is 2. The number of carbonyl (C=O) groups is 3. The fourth-order valence-electron chi connectivity index (χ4n) is 7.20. The first kappa shape index (κ1) is 23.6. The Hall–Kier alpha value is -2.74. The molecule has 3 aliphatic heterocycles. The summed E-state index contributed by atoms with van der Waals surface area (Å²) < 4.78 is 6.46. The van der Waals surface area contributed by atoms with Crippen LogP contribution in [0.15, 0.2) is 36.7 Å². The summed E-state index contributed by atoms with van der Waals surface area (Å²) >= 11 is 0. The van der Waals surface area contributed by atoms with E-state index in [9.17, 15) is 14.4 Å². The number of amides is 3. The first-order valence-electron chi connectivity index (χ1n) is 13.7. The van der Waals surface area contributed by atoms with Crippen molar-refractivity contribution in [2.24, 2.45) is 11.8 Å². The fourth-order valence-corrected chi connectivity index (χ4v) is 7.20. The van der Waals surface area contributed by atoms with Gasteiger partial charge in [-0.3, -0.25) is 19.4 Å². The van der Waals surface area contributed by atoms with Crippen LogP contribution in [-0.4, -0.2) is 57.4 Å². The Balaban J connectivity index is 1.30. The summed E-state index contributed by atoms with van der Waals surface area (Å²) in [6, 6.07) is 3.19. The summed E-state index contributed by atoms with van der Waals surface area (Å²) in [4.78, 5) is 47.2. The maximum Gasteiger partial charge on any atom is 0.246 e. The second-order valence-corrected chi connectivity index (χ2v) is 11.2. The van der Waals surface area contributed by atoms with Crippen LogP contribution in [0.1, 0.15) is 69.8 Å². The Bertz CT molecular complexity index is 1030. The van der Waals surface area contributed by atoms with Gasteiger partial charge in [-0.05, 0) is 37.3 Å². The lowest BCUT2D eigenvalue weighted by Crippen LogP contribution is -2.56. The highest BCUT2D eigenvalue weighted by molar-refractivity contribution is 6.00. The lowest BCUT2D eigenvalue weighted by molar-refractivity contribution is -0.142. The van der Waals surface area contributed by atoms with Gasteiger partial charge in [0.2, 0.25) is 17.7 Å². The van der Waals surface area contributed by atoms with Gasteiger partial charge in [-0.25, -0.2) is 0 Å². The molecule has 8 nitrogen and oxygen atoms in total. The zero-order valence-corrected chi connectivity index (χ0v) is 20.7. The van der Waals surface area contributed by atoms with Crippen molar-refractivity contribution < 1.29 is 19.1 Å². The Kier molecular flexibility index (Phi) is 6.32. The average molecular weight is 493 g/mol. The second-order valence-electron chi connectivity index (χ2n) is 11.2. The van der Waals surface area contributed by atoms with E-state index in [-0.39, 0.29) is 36.3 Å². The molecule has 1 spiro atoms. The normalized spacial score (nSPS) is 34.1. The monoisotopic (exact) mass is 492 g/mol. The molecule has 4 fully saturated rings. The van der Waals surface area contributed by atoms with Crippen molar-refractivity contribution in [1.29, 1.82) is 0 Å². The first-order chi connectivity index (χ1) is 17.6. The number of ether oxygens (including phenoxy) is 1. The van der Waals surface area contributed by atoms with Gasteiger partial charge in [0.1, 0.15) is 11.6 Å². The van der Waals surface area contributed by atoms with Crippen LogP contribution in [0.3, 0.4) is 0 Å². The number of pyridine rings is 1. The maximum atomic E-state index is 14.0. The Labute approximate surface area is 212 Å². The average Bonchev–Trinajstić information content (AvgIpc) is 3.53. The van der Waals surface area contributed by atoms with Crippen molar-refractivity contribution in [3.8, 4) is 0 Å². The van der Waals surface area contributed by atoms with Gasteiger partial charge < -0.3 is 20.3 Å². The van der Waals surface area contributed by atoms with Gasteiger partial charge in [-0.2, -0.15) is 0 Å². The third-order valence-corrected chi connectivity index (χ3v) is 8.90. The van der Waals surface area contributed by atoms with Crippen molar-refractivity contribution >= 4 is 17.7 Å². The van der Waals surface area contributed by atoms with Gasteiger partial charge in [0.05, 0.1) is 17.9 Å². The Morgan fingerprint density at radius 3 is 2.31 bits per heavy atom. The van der Waals surface area contributed by atoms with Gasteiger partial charge >= 0.3 is 0 Å². The molecule has 36 heavy (non-hydrogen) atoms. The quantitative estimate of drug-likeness (QED) is 0.595. The van der Waals surface area contributed by atoms with E-state index in [0.29, 0.717) is 0 Å². The summed E-state index contributed by atoms with van der Waals surface area (Å²) in [7, 11) is 0. The highest BCUT2D eigenvalue weighted by Gasteiger charge is 2.72. The fraction of sp³-hybridized carbons (Fsp3) is 0.643. The number of rotatable bonds is 6. The number of hydrogen-bond acceptors (Lipinski definition) is 5. The van der Waals surface area contributed by atoms with E-state index in [2.05, 4.69) is 15.6 Å². The molecule has 0 radical (unpaired) electrons. The SMILES string of the molecule is O=C(NC1CCCCC1)C1C2C=CC3(O2)C1C(=O)N(Cc1cccnc1)C3C(=O)NC1CCCCC1. The highest BCUT2D eigenvalue weighted by Crippen LogP contribution is 2.55. The minimum absolute atomic E-state index is 0.116. The summed E-state index contributed by atoms with van der Waals surface area (Å²) in [6.45, 7) is 0.256. The zero-order valence-electron chi connectivity index (χ0n) is 20.7. The summed E-state index contributed by atoms with van der Waals surface area (Å²) in [6.07, 6.45) is 17.4. The summed E-state index contributed by atoms with van der Waals surface area (Å²) in [5.74, 6) is -1.80. The molecule has 2 bridgehead atoms. The molecule has 2 aliphatic carbocycles. The van der Waals surface area contributed by atoms with E-state index in [4.69, 9.17) is 4.74 Å². The smallest absolute Gasteiger partial charge is 0.246 e. The molecular weight excluding hydrogens is 456 g/mol. The topological polar surface area (TPSA) is 101 Å². The van der Waals surface area contributed by atoms with E-state index in [1.807, 2.05) is 24.3 Å². The number of likely N-dealkylation sites (tertiary alicyclic amines) is 1. The molecule has 5 aliphatic rings. The van der Waals surface area contributed by atoms with Gasteiger partial charge in [0.15, 0.2) is 0 Å². The lowest BCUT2D eigenvalue weighted by atomic mass is 9.74. The van der Waals surface area contributed by atoms with E-state index in [1.165, 1.54) is 12.8 Å². The summed E-state index contributed by atoms with van der Waals surface area (Å²) in [5, 5.41) is 6.45. The van der Waals surface area contributed by atoms with Gasteiger partial charge in [0, 0.05) is 31.0 Å².